The molecular weight excluding hydrogens is 198 g/mol. The summed E-state index contributed by atoms with van der Waals surface area (Å²) in [7, 11) is 0. The van der Waals surface area contributed by atoms with Gasteiger partial charge in [-0.3, -0.25) is 4.79 Å². The molecular formula is C14H17NO. The minimum absolute atomic E-state index is 0.107. The van der Waals surface area contributed by atoms with E-state index >= 15 is 0 Å². The van der Waals surface area contributed by atoms with E-state index in [0.717, 1.165) is 11.1 Å². The van der Waals surface area contributed by atoms with Crippen molar-refractivity contribution < 1.29 is 4.79 Å². The van der Waals surface area contributed by atoms with Gasteiger partial charge in [0.1, 0.15) is 0 Å². The lowest BCUT2D eigenvalue weighted by Gasteiger charge is -2.32. The Hall–Kier alpha value is -1.57. The Morgan fingerprint density at radius 1 is 1.12 bits per heavy atom. The maximum atomic E-state index is 11.9. The molecule has 0 aliphatic carbocycles. The smallest absolute Gasteiger partial charge is 0.247 e. The Bertz CT molecular complexity index is 426. The highest BCUT2D eigenvalue weighted by molar-refractivity contribution is 6.01. The van der Waals surface area contributed by atoms with Gasteiger partial charge in [0.2, 0.25) is 5.91 Å². The zero-order valence-corrected chi connectivity index (χ0v) is 10.0. The highest BCUT2D eigenvalue weighted by atomic mass is 16.2. The Morgan fingerprint density at radius 2 is 1.75 bits per heavy atom. The lowest BCUT2D eigenvalue weighted by Crippen LogP contribution is -2.42. The molecule has 0 aromatic heterocycles. The second-order valence-electron chi connectivity index (χ2n) is 5.13. The van der Waals surface area contributed by atoms with E-state index in [4.69, 9.17) is 0 Å². The second-order valence-corrected chi connectivity index (χ2v) is 5.13. The number of rotatable bonds is 1. The van der Waals surface area contributed by atoms with E-state index in [-0.39, 0.29) is 11.4 Å². The minimum atomic E-state index is -0.107. The van der Waals surface area contributed by atoms with Crippen molar-refractivity contribution in [3.05, 3.63) is 42.0 Å². The maximum absolute atomic E-state index is 11.9. The number of amides is 1. The van der Waals surface area contributed by atoms with Crippen molar-refractivity contribution in [3.63, 3.8) is 0 Å². The molecule has 1 aromatic carbocycles. The van der Waals surface area contributed by atoms with Crippen molar-refractivity contribution in [2.24, 2.45) is 0 Å². The average Bonchev–Trinajstić information content (AvgIpc) is 2.61. The number of hydrogen-bond donors (Lipinski definition) is 0. The first kappa shape index (κ1) is 10.9. The summed E-state index contributed by atoms with van der Waals surface area (Å²) < 4.78 is 0. The summed E-state index contributed by atoms with van der Waals surface area (Å²) in [6, 6.07) is 10.1. The Balaban J connectivity index is 2.24. The fourth-order valence-corrected chi connectivity index (χ4v) is 1.92. The Kier molecular flexibility index (Phi) is 2.58. The fourth-order valence-electron chi connectivity index (χ4n) is 1.92. The van der Waals surface area contributed by atoms with E-state index in [1.54, 1.807) is 6.08 Å². The molecule has 0 radical (unpaired) electrons. The topological polar surface area (TPSA) is 20.3 Å². The molecule has 0 unspecified atom stereocenters. The van der Waals surface area contributed by atoms with Gasteiger partial charge in [0, 0.05) is 18.2 Å². The van der Waals surface area contributed by atoms with E-state index in [9.17, 15) is 4.79 Å². The molecule has 2 rings (SSSR count). The molecule has 0 spiro atoms. The molecule has 1 amide bonds. The molecule has 1 aliphatic heterocycles. The molecule has 1 aromatic rings. The molecule has 0 fully saturated rings. The summed E-state index contributed by atoms with van der Waals surface area (Å²) in [5, 5.41) is 0. The van der Waals surface area contributed by atoms with Crippen LogP contribution >= 0.6 is 0 Å². The lowest BCUT2D eigenvalue weighted by atomic mass is 10.0. The van der Waals surface area contributed by atoms with Gasteiger partial charge in [0.15, 0.2) is 0 Å². The van der Waals surface area contributed by atoms with Gasteiger partial charge in [0.05, 0.1) is 0 Å². The largest absolute Gasteiger partial charge is 0.330 e. The Morgan fingerprint density at radius 3 is 2.25 bits per heavy atom. The third kappa shape index (κ3) is 2.01. The second kappa shape index (κ2) is 3.78. The van der Waals surface area contributed by atoms with Gasteiger partial charge in [-0.2, -0.15) is 0 Å². The number of carbonyl (C=O) groups excluding carboxylic acids is 1. The number of hydrogen-bond acceptors (Lipinski definition) is 1. The van der Waals surface area contributed by atoms with Crippen LogP contribution < -0.4 is 0 Å². The number of nitrogens with zero attached hydrogens (tertiary/aromatic N) is 1. The average molecular weight is 215 g/mol. The van der Waals surface area contributed by atoms with Crippen LogP contribution in [0.2, 0.25) is 0 Å². The van der Waals surface area contributed by atoms with Gasteiger partial charge in [-0.25, -0.2) is 0 Å². The summed E-state index contributed by atoms with van der Waals surface area (Å²) in [5.74, 6) is 0.117. The first-order chi connectivity index (χ1) is 7.48. The van der Waals surface area contributed by atoms with Crippen molar-refractivity contribution in [3.8, 4) is 0 Å². The van der Waals surface area contributed by atoms with Crippen LogP contribution in [0, 0.1) is 0 Å². The van der Waals surface area contributed by atoms with Crippen molar-refractivity contribution in [1.29, 1.82) is 0 Å². The van der Waals surface area contributed by atoms with Gasteiger partial charge in [-0.15, -0.1) is 0 Å². The first-order valence-corrected chi connectivity index (χ1v) is 5.56. The van der Waals surface area contributed by atoms with Crippen LogP contribution in [-0.4, -0.2) is 22.9 Å². The monoisotopic (exact) mass is 215 g/mol. The lowest BCUT2D eigenvalue weighted by molar-refractivity contribution is -0.128. The van der Waals surface area contributed by atoms with Gasteiger partial charge >= 0.3 is 0 Å². The standard InChI is InChI=1S/C14H17NO/c1-14(2,3)15-10-12(9-13(15)16)11-7-5-4-6-8-11/h4-9H,10H2,1-3H3. The molecule has 0 N–H and O–H groups in total. The van der Waals surface area contributed by atoms with E-state index in [1.165, 1.54) is 0 Å². The van der Waals surface area contributed by atoms with Crippen LogP contribution in [0.5, 0.6) is 0 Å². The van der Waals surface area contributed by atoms with Crippen molar-refractivity contribution >= 4 is 11.5 Å². The fraction of sp³-hybridized carbons (Fsp3) is 0.357. The SMILES string of the molecule is CC(C)(C)N1CC(c2ccccc2)=CC1=O. The highest BCUT2D eigenvalue weighted by Crippen LogP contribution is 2.26. The van der Waals surface area contributed by atoms with Crippen LogP contribution in [0.25, 0.3) is 5.57 Å². The molecule has 16 heavy (non-hydrogen) atoms. The minimum Gasteiger partial charge on any atom is -0.330 e. The quantitative estimate of drug-likeness (QED) is 0.705. The van der Waals surface area contributed by atoms with Gasteiger partial charge in [-0.1, -0.05) is 30.3 Å². The normalized spacial score (nSPS) is 16.6. The van der Waals surface area contributed by atoms with Crippen molar-refractivity contribution in [2.75, 3.05) is 6.54 Å². The van der Waals surface area contributed by atoms with Crippen LogP contribution in [0.15, 0.2) is 36.4 Å². The molecule has 0 saturated carbocycles. The third-order valence-corrected chi connectivity index (χ3v) is 2.85. The third-order valence-electron chi connectivity index (χ3n) is 2.85. The summed E-state index contributed by atoms with van der Waals surface area (Å²) in [6.45, 7) is 6.90. The van der Waals surface area contributed by atoms with E-state index in [0.29, 0.717) is 6.54 Å². The Labute approximate surface area is 96.6 Å². The van der Waals surface area contributed by atoms with E-state index < -0.39 is 0 Å². The van der Waals surface area contributed by atoms with E-state index in [1.807, 2.05) is 35.2 Å². The van der Waals surface area contributed by atoms with Crippen LogP contribution in [0.1, 0.15) is 26.3 Å². The number of benzene rings is 1. The highest BCUT2D eigenvalue weighted by Gasteiger charge is 2.30. The zero-order valence-electron chi connectivity index (χ0n) is 10.0. The molecule has 0 atom stereocenters. The molecule has 1 aliphatic rings. The maximum Gasteiger partial charge on any atom is 0.247 e. The number of carbonyl (C=O) groups is 1. The summed E-state index contributed by atoms with van der Waals surface area (Å²) in [4.78, 5) is 13.8. The molecule has 0 saturated heterocycles. The van der Waals surface area contributed by atoms with Crippen LogP contribution in [0.4, 0.5) is 0 Å². The van der Waals surface area contributed by atoms with Crippen LogP contribution in [-0.2, 0) is 4.79 Å². The summed E-state index contributed by atoms with van der Waals surface area (Å²) in [5.41, 5.74) is 2.15. The first-order valence-electron chi connectivity index (χ1n) is 5.56. The van der Waals surface area contributed by atoms with Crippen molar-refractivity contribution in [1.82, 2.24) is 4.90 Å². The molecule has 1 heterocycles. The van der Waals surface area contributed by atoms with Gasteiger partial charge in [0.25, 0.3) is 0 Å². The molecule has 84 valence electrons. The van der Waals surface area contributed by atoms with Crippen molar-refractivity contribution in [2.45, 2.75) is 26.3 Å². The summed E-state index contributed by atoms with van der Waals surface area (Å²) >= 11 is 0. The molecule has 0 bridgehead atoms. The molecule has 2 nitrogen and oxygen atoms in total. The van der Waals surface area contributed by atoms with E-state index in [2.05, 4.69) is 20.8 Å². The molecule has 2 heteroatoms. The van der Waals surface area contributed by atoms with Gasteiger partial charge in [-0.05, 0) is 31.9 Å². The van der Waals surface area contributed by atoms with Crippen LogP contribution in [0.3, 0.4) is 0 Å². The summed E-state index contributed by atoms with van der Waals surface area (Å²) in [6.07, 6.45) is 1.75. The zero-order chi connectivity index (χ0) is 11.8. The van der Waals surface area contributed by atoms with Gasteiger partial charge < -0.3 is 4.90 Å². The predicted octanol–water partition coefficient (Wildman–Crippen LogP) is 2.71. The predicted molar refractivity (Wildman–Crippen MR) is 65.9 cm³/mol.